The number of alkyl carbamates (subject to hydrolysis) is 1. The molecule has 0 radical (unpaired) electrons. The van der Waals surface area contributed by atoms with Gasteiger partial charge in [0.1, 0.15) is 23.1 Å². The molecule has 1 heterocycles. The number of ether oxygens (including phenoxy) is 1. The van der Waals surface area contributed by atoms with Crippen LogP contribution in [0.2, 0.25) is 0 Å². The van der Waals surface area contributed by atoms with E-state index in [1.54, 1.807) is 12.1 Å². The summed E-state index contributed by atoms with van der Waals surface area (Å²) in [5, 5.41) is 9.12. The number of benzene rings is 2. The zero-order chi connectivity index (χ0) is 21.3. The Labute approximate surface area is 181 Å². The highest BCUT2D eigenvalue weighted by atomic mass is 79.9. The molecule has 0 saturated heterocycles. The molecule has 0 bridgehead atoms. The molecule has 0 saturated carbocycles. The average Bonchev–Trinajstić information content (AvgIpc) is 3.17. The van der Waals surface area contributed by atoms with Crippen LogP contribution < -0.4 is 10.6 Å². The summed E-state index contributed by atoms with van der Waals surface area (Å²) >= 11 is 3.24. The average molecular weight is 478 g/mol. The molecular formula is C21H21BrFN3O4. The van der Waals surface area contributed by atoms with Crippen molar-refractivity contribution in [1.29, 1.82) is 0 Å². The fraction of sp³-hybridized carbons (Fsp3) is 0.286. The Morgan fingerprint density at radius 1 is 1.17 bits per heavy atom. The fourth-order valence-electron chi connectivity index (χ4n) is 2.81. The van der Waals surface area contributed by atoms with Crippen LogP contribution >= 0.6 is 15.9 Å². The molecule has 30 heavy (non-hydrogen) atoms. The first-order valence-corrected chi connectivity index (χ1v) is 10.2. The van der Waals surface area contributed by atoms with E-state index in [9.17, 15) is 14.0 Å². The van der Waals surface area contributed by atoms with Crippen molar-refractivity contribution in [2.75, 3.05) is 6.54 Å². The lowest BCUT2D eigenvalue weighted by Gasteiger charge is -2.19. The Balaban J connectivity index is 1.58. The predicted octanol–water partition coefficient (Wildman–Crippen LogP) is 3.28. The first kappa shape index (κ1) is 21.8. The van der Waals surface area contributed by atoms with Crippen LogP contribution in [0.3, 0.4) is 0 Å². The number of carbonyl (C=O) groups is 2. The largest absolute Gasteiger partial charge is 0.445 e. The third kappa shape index (κ3) is 6.84. The van der Waals surface area contributed by atoms with Crippen molar-refractivity contribution in [3.8, 4) is 0 Å². The van der Waals surface area contributed by atoms with Gasteiger partial charge in [-0.05, 0) is 39.2 Å². The van der Waals surface area contributed by atoms with Gasteiger partial charge in [-0.25, -0.2) is 9.18 Å². The molecule has 158 valence electrons. The number of hydrogen-bond donors (Lipinski definition) is 2. The third-order valence-electron chi connectivity index (χ3n) is 4.38. The summed E-state index contributed by atoms with van der Waals surface area (Å²) in [4.78, 5) is 30.1. The molecule has 1 unspecified atom stereocenters. The molecule has 1 aliphatic rings. The number of amides is 2. The number of nitrogens with one attached hydrogen (secondary N) is 2. The van der Waals surface area contributed by atoms with Crippen LogP contribution in [0.5, 0.6) is 0 Å². The van der Waals surface area contributed by atoms with E-state index < -0.39 is 18.0 Å². The van der Waals surface area contributed by atoms with Crippen molar-refractivity contribution in [1.82, 2.24) is 10.6 Å². The predicted molar refractivity (Wildman–Crippen MR) is 113 cm³/mol. The minimum absolute atomic E-state index is 0.0822. The molecular weight excluding hydrogens is 457 g/mol. The monoisotopic (exact) mass is 477 g/mol. The van der Waals surface area contributed by atoms with Gasteiger partial charge in [0.15, 0.2) is 6.10 Å². The third-order valence-corrected chi connectivity index (χ3v) is 4.84. The lowest BCUT2D eigenvalue weighted by Crippen LogP contribution is -2.49. The molecule has 3 rings (SSSR count). The molecule has 2 aromatic carbocycles. The normalized spacial score (nSPS) is 16.2. The minimum atomic E-state index is -0.899. The van der Waals surface area contributed by atoms with E-state index in [0.29, 0.717) is 16.6 Å². The van der Waals surface area contributed by atoms with Crippen LogP contribution in [0.1, 0.15) is 17.5 Å². The highest BCUT2D eigenvalue weighted by Gasteiger charge is 2.25. The second-order valence-corrected chi connectivity index (χ2v) is 7.65. The first-order valence-electron chi connectivity index (χ1n) is 9.37. The minimum Gasteiger partial charge on any atom is -0.445 e. The van der Waals surface area contributed by atoms with Gasteiger partial charge < -0.3 is 20.2 Å². The molecule has 0 aliphatic carbocycles. The van der Waals surface area contributed by atoms with Crippen molar-refractivity contribution in [2.24, 2.45) is 5.16 Å². The fourth-order valence-corrected chi connectivity index (χ4v) is 3.26. The van der Waals surface area contributed by atoms with E-state index in [4.69, 9.17) is 9.57 Å². The quantitative estimate of drug-likeness (QED) is 0.610. The van der Waals surface area contributed by atoms with Gasteiger partial charge in [-0.2, -0.15) is 0 Å². The number of carbonyl (C=O) groups excluding carboxylic acids is 2. The SMILES string of the molecule is O=C(N[C@@H](Cc1ccc(F)cc1)C(=O)NCC1CC(Br)=NO1)OCc1ccccc1. The van der Waals surface area contributed by atoms with Gasteiger partial charge in [-0.1, -0.05) is 47.6 Å². The number of halogens is 2. The topological polar surface area (TPSA) is 89.0 Å². The van der Waals surface area contributed by atoms with Gasteiger partial charge in [0.25, 0.3) is 0 Å². The van der Waals surface area contributed by atoms with Crippen LogP contribution in [0.15, 0.2) is 59.8 Å². The smallest absolute Gasteiger partial charge is 0.408 e. The van der Waals surface area contributed by atoms with Gasteiger partial charge in [0, 0.05) is 12.8 Å². The molecule has 7 nitrogen and oxygen atoms in total. The highest BCUT2D eigenvalue weighted by molar-refractivity contribution is 9.18. The van der Waals surface area contributed by atoms with E-state index in [1.165, 1.54) is 12.1 Å². The van der Waals surface area contributed by atoms with E-state index in [0.717, 1.165) is 5.56 Å². The van der Waals surface area contributed by atoms with Crippen molar-refractivity contribution in [3.05, 3.63) is 71.5 Å². The van der Waals surface area contributed by atoms with E-state index >= 15 is 0 Å². The highest BCUT2D eigenvalue weighted by Crippen LogP contribution is 2.13. The lowest BCUT2D eigenvalue weighted by molar-refractivity contribution is -0.123. The second kappa shape index (κ2) is 10.7. The summed E-state index contributed by atoms with van der Waals surface area (Å²) in [6.07, 6.45) is -0.266. The lowest BCUT2D eigenvalue weighted by atomic mass is 10.1. The zero-order valence-corrected chi connectivity index (χ0v) is 17.6. The number of oxime groups is 1. The Morgan fingerprint density at radius 2 is 1.90 bits per heavy atom. The number of rotatable bonds is 8. The molecule has 1 aliphatic heterocycles. The van der Waals surface area contributed by atoms with Crippen molar-refractivity contribution in [2.45, 2.75) is 31.6 Å². The summed E-state index contributed by atoms with van der Waals surface area (Å²) in [7, 11) is 0. The van der Waals surface area contributed by atoms with Gasteiger partial charge >= 0.3 is 6.09 Å². The van der Waals surface area contributed by atoms with Crippen LogP contribution in [0.25, 0.3) is 0 Å². The Kier molecular flexibility index (Phi) is 7.78. The van der Waals surface area contributed by atoms with E-state index in [2.05, 4.69) is 31.7 Å². The first-order chi connectivity index (χ1) is 14.5. The molecule has 2 aromatic rings. The standard InChI is InChI=1S/C21H21BrFN3O4/c22-19-11-17(30-26-19)12-24-20(27)18(10-14-6-8-16(23)9-7-14)25-21(28)29-13-15-4-2-1-3-5-15/h1-9,17-18H,10-13H2,(H,24,27)(H,25,28)/t17?,18-/m0/s1. The molecule has 2 N–H and O–H groups in total. The molecule has 2 atom stereocenters. The summed E-state index contributed by atoms with van der Waals surface area (Å²) in [5.41, 5.74) is 1.53. The van der Waals surface area contributed by atoms with E-state index in [-0.39, 0.29) is 31.5 Å². The van der Waals surface area contributed by atoms with Crippen LogP contribution in [-0.2, 0) is 27.4 Å². The van der Waals surface area contributed by atoms with Gasteiger partial charge in [0.05, 0.1) is 6.54 Å². The van der Waals surface area contributed by atoms with Gasteiger partial charge in [-0.3, -0.25) is 4.79 Å². The maximum atomic E-state index is 13.2. The summed E-state index contributed by atoms with van der Waals surface area (Å²) in [5.74, 6) is -0.776. The number of nitrogens with zero attached hydrogens (tertiary/aromatic N) is 1. The Hall–Kier alpha value is -2.94. The molecule has 0 aromatic heterocycles. The molecule has 2 amide bonds. The van der Waals surface area contributed by atoms with Crippen LogP contribution in [0.4, 0.5) is 9.18 Å². The summed E-state index contributed by atoms with van der Waals surface area (Å²) in [6.45, 7) is 0.316. The van der Waals surface area contributed by atoms with Gasteiger partial charge in [0.2, 0.25) is 5.91 Å². The molecule has 9 heteroatoms. The Morgan fingerprint density at radius 3 is 2.57 bits per heavy atom. The summed E-state index contributed by atoms with van der Waals surface area (Å²) in [6, 6.07) is 14.1. The van der Waals surface area contributed by atoms with Crippen molar-refractivity contribution >= 4 is 32.6 Å². The van der Waals surface area contributed by atoms with Crippen molar-refractivity contribution in [3.63, 3.8) is 0 Å². The zero-order valence-electron chi connectivity index (χ0n) is 16.0. The summed E-state index contributed by atoms with van der Waals surface area (Å²) < 4.78 is 19.1. The van der Waals surface area contributed by atoms with E-state index in [1.807, 2.05) is 30.3 Å². The second-order valence-electron chi connectivity index (χ2n) is 6.73. The maximum absolute atomic E-state index is 13.2. The van der Waals surface area contributed by atoms with Crippen LogP contribution in [0, 0.1) is 5.82 Å². The van der Waals surface area contributed by atoms with Crippen molar-refractivity contribution < 1.29 is 23.6 Å². The Bertz CT molecular complexity index is 893. The van der Waals surface area contributed by atoms with Gasteiger partial charge in [-0.15, -0.1) is 0 Å². The van der Waals surface area contributed by atoms with Crippen LogP contribution in [-0.4, -0.2) is 35.3 Å². The molecule has 0 fully saturated rings. The molecule has 0 spiro atoms. The maximum Gasteiger partial charge on any atom is 0.408 e. The number of hydrogen-bond acceptors (Lipinski definition) is 5.